The normalized spacial score (nSPS) is 17.0. The molecule has 29 heavy (non-hydrogen) atoms. The number of benzene rings is 2. The van der Waals surface area contributed by atoms with Crippen molar-refractivity contribution in [2.45, 2.75) is 33.2 Å². The quantitative estimate of drug-likeness (QED) is 0.678. The zero-order chi connectivity index (χ0) is 20.7. The standard InChI is InChI=1S/C23H23N3O3/c1-13(2)11-18(27)19-20(15-7-5-4-6-8-15)26(22(29)21(19)28)23-24-16-10-9-14(3)12-17(16)25-23/h4-10,12-13,20,28H,11H2,1-3H3,(H,24,25). The van der Waals surface area contributed by atoms with Crippen LogP contribution in [0.4, 0.5) is 5.95 Å². The van der Waals surface area contributed by atoms with Crippen LogP contribution in [0.15, 0.2) is 59.9 Å². The summed E-state index contributed by atoms with van der Waals surface area (Å²) in [7, 11) is 0. The maximum Gasteiger partial charge on any atom is 0.296 e. The Morgan fingerprint density at radius 3 is 2.62 bits per heavy atom. The van der Waals surface area contributed by atoms with E-state index in [1.807, 2.05) is 69.3 Å². The molecular formula is C23H23N3O3. The maximum atomic E-state index is 13.0. The summed E-state index contributed by atoms with van der Waals surface area (Å²) in [4.78, 5) is 35.1. The molecule has 0 aliphatic carbocycles. The predicted molar refractivity (Wildman–Crippen MR) is 112 cm³/mol. The van der Waals surface area contributed by atoms with Gasteiger partial charge in [-0.05, 0) is 36.1 Å². The van der Waals surface area contributed by atoms with Gasteiger partial charge in [-0.3, -0.25) is 14.5 Å². The van der Waals surface area contributed by atoms with Gasteiger partial charge in [0.15, 0.2) is 11.5 Å². The van der Waals surface area contributed by atoms with Crippen molar-refractivity contribution in [3.05, 3.63) is 71.0 Å². The molecule has 6 heteroatoms. The highest BCUT2D eigenvalue weighted by molar-refractivity contribution is 6.16. The summed E-state index contributed by atoms with van der Waals surface area (Å²) in [5, 5.41) is 10.6. The first kappa shape index (κ1) is 18.9. The Morgan fingerprint density at radius 1 is 1.21 bits per heavy atom. The van der Waals surface area contributed by atoms with Crippen molar-refractivity contribution < 1.29 is 14.7 Å². The molecule has 1 amide bonds. The second kappa shape index (κ2) is 7.20. The lowest BCUT2D eigenvalue weighted by Crippen LogP contribution is -2.32. The third-order valence-electron chi connectivity index (χ3n) is 5.07. The van der Waals surface area contributed by atoms with Gasteiger partial charge in [-0.1, -0.05) is 50.2 Å². The summed E-state index contributed by atoms with van der Waals surface area (Å²) in [6, 6.07) is 14.3. The highest BCUT2D eigenvalue weighted by Gasteiger charge is 2.45. The number of hydrogen-bond acceptors (Lipinski definition) is 4. The second-order valence-corrected chi connectivity index (χ2v) is 7.85. The van der Waals surface area contributed by atoms with Gasteiger partial charge in [0.2, 0.25) is 5.95 Å². The molecule has 2 aromatic carbocycles. The first-order valence-corrected chi connectivity index (χ1v) is 9.68. The SMILES string of the molecule is Cc1ccc2nc(N3C(=O)C(O)=C(C(=O)CC(C)C)C3c3ccccc3)[nH]c2c1. The summed E-state index contributed by atoms with van der Waals surface area (Å²) in [6.07, 6.45) is 0.253. The number of carbonyl (C=O) groups excluding carboxylic acids is 2. The lowest BCUT2D eigenvalue weighted by molar-refractivity contribution is -0.118. The van der Waals surface area contributed by atoms with Crippen LogP contribution in [0.25, 0.3) is 11.0 Å². The molecule has 0 spiro atoms. The number of carbonyl (C=O) groups is 2. The van der Waals surface area contributed by atoms with Gasteiger partial charge in [0.1, 0.15) is 0 Å². The van der Waals surface area contributed by atoms with Gasteiger partial charge < -0.3 is 10.1 Å². The molecule has 1 aliphatic rings. The molecule has 0 saturated carbocycles. The van der Waals surface area contributed by atoms with Crippen LogP contribution in [0.3, 0.4) is 0 Å². The molecule has 2 N–H and O–H groups in total. The molecule has 6 nitrogen and oxygen atoms in total. The van der Waals surface area contributed by atoms with Crippen molar-refractivity contribution in [2.75, 3.05) is 4.90 Å². The van der Waals surface area contributed by atoms with Crippen LogP contribution in [0.5, 0.6) is 0 Å². The zero-order valence-electron chi connectivity index (χ0n) is 16.6. The third kappa shape index (κ3) is 3.31. The van der Waals surface area contributed by atoms with Crippen LogP contribution in [0.1, 0.15) is 37.4 Å². The number of aromatic amines is 1. The Balaban J connectivity index is 1.86. The van der Waals surface area contributed by atoms with Gasteiger partial charge in [-0.15, -0.1) is 0 Å². The Bertz CT molecular complexity index is 1130. The smallest absolute Gasteiger partial charge is 0.296 e. The number of nitrogens with zero attached hydrogens (tertiary/aromatic N) is 2. The summed E-state index contributed by atoms with van der Waals surface area (Å²) < 4.78 is 0. The highest BCUT2D eigenvalue weighted by atomic mass is 16.3. The Kier molecular flexibility index (Phi) is 4.70. The van der Waals surface area contributed by atoms with E-state index >= 15 is 0 Å². The highest BCUT2D eigenvalue weighted by Crippen LogP contribution is 2.41. The van der Waals surface area contributed by atoms with Gasteiger partial charge in [-0.25, -0.2) is 4.98 Å². The summed E-state index contributed by atoms with van der Waals surface area (Å²) in [5.41, 5.74) is 3.45. The number of imidazole rings is 1. The van der Waals surface area contributed by atoms with Crippen LogP contribution in [-0.4, -0.2) is 26.8 Å². The number of aryl methyl sites for hydroxylation is 1. The minimum atomic E-state index is -0.725. The zero-order valence-corrected chi connectivity index (χ0v) is 16.6. The molecular weight excluding hydrogens is 366 g/mol. The molecule has 1 unspecified atom stereocenters. The van der Waals surface area contributed by atoms with Crippen molar-refractivity contribution in [1.82, 2.24) is 9.97 Å². The minimum absolute atomic E-state index is 0.109. The van der Waals surface area contributed by atoms with Gasteiger partial charge in [0.25, 0.3) is 5.91 Å². The first-order valence-electron chi connectivity index (χ1n) is 9.68. The van der Waals surface area contributed by atoms with Crippen LogP contribution < -0.4 is 4.90 Å². The van der Waals surface area contributed by atoms with E-state index in [-0.39, 0.29) is 23.7 Å². The Morgan fingerprint density at radius 2 is 1.93 bits per heavy atom. The van der Waals surface area contributed by atoms with Gasteiger partial charge in [-0.2, -0.15) is 0 Å². The number of ketones is 1. The molecule has 1 aromatic heterocycles. The van der Waals surface area contributed by atoms with Crippen molar-refractivity contribution in [2.24, 2.45) is 5.92 Å². The fraction of sp³-hybridized carbons (Fsp3) is 0.261. The van der Waals surface area contributed by atoms with Crippen molar-refractivity contribution in [1.29, 1.82) is 0 Å². The maximum absolute atomic E-state index is 13.0. The number of Topliss-reactive ketones (excluding diaryl/α,β-unsaturated/α-hetero) is 1. The molecule has 2 heterocycles. The molecule has 0 saturated heterocycles. The Hall–Kier alpha value is -3.41. The van der Waals surface area contributed by atoms with Crippen LogP contribution in [0.2, 0.25) is 0 Å². The number of rotatable bonds is 5. The van der Waals surface area contributed by atoms with Gasteiger partial charge in [0, 0.05) is 6.42 Å². The first-order chi connectivity index (χ1) is 13.9. The molecule has 1 atom stereocenters. The van der Waals surface area contributed by atoms with Crippen molar-refractivity contribution >= 4 is 28.7 Å². The number of aliphatic hydroxyl groups excluding tert-OH is 1. The summed E-state index contributed by atoms with van der Waals surface area (Å²) in [6.45, 7) is 5.84. The van der Waals surface area contributed by atoms with E-state index in [1.54, 1.807) is 0 Å². The van der Waals surface area contributed by atoms with E-state index in [0.717, 1.165) is 16.6 Å². The molecule has 3 aromatic rings. The van der Waals surface area contributed by atoms with E-state index < -0.39 is 17.7 Å². The number of fused-ring (bicyclic) bond motifs is 1. The fourth-order valence-corrected chi connectivity index (χ4v) is 3.76. The molecule has 4 rings (SSSR count). The van der Waals surface area contributed by atoms with Gasteiger partial charge in [0.05, 0.1) is 22.6 Å². The van der Waals surface area contributed by atoms with E-state index in [4.69, 9.17) is 0 Å². The van der Waals surface area contributed by atoms with Crippen molar-refractivity contribution in [3.63, 3.8) is 0 Å². The second-order valence-electron chi connectivity index (χ2n) is 7.85. The molecule has 148 valence electrons. The lowest BCUT2D eigenvalue weighted by atomic mass is 9.92. The average Bonchev–Trinajstić information content (AvgIpc) is 3.20. The number of hydrogen-bond donors (Lipinski definition) is 2. The van der Waals surface area contributed by atoms with E-state index in [2.05, 4.69) is 9.97 Å². The summed E-state index contributed by atoms with van der Waals surface area (Å²) >= 11 is 0. The monoisotopic (exact) mass is 389 g/mol. The van der Waals surface area contributed by atoms with E-state index in [1.165, 1.54) is 4.90 Å². The fourth-order valence-electron chi connectivity index (χ4n) is 3.76. The Labute approximate surface area is 168 Å². The number of aromatic nitrogens is 2. The third-order valence-corrected chi connectivity index (χ3v) is 5.07. The van der Waals surface area contributed by atoms with E-state index in [0.29, 0.717) is 11.5 Å². The molecule has 0 bridgehead atoms. The van der Waals surface area contributed by atoms with E-state index in [9.17, 15) is 14.7 Å². The van der Waals surface area contributed by atoms with Crippen LogP contribution in [-0.2, 0) is 9.59 Å². The minimum Gasteiger partial charge on any atom is -0.503 e. The molecule has 0 radical (unpaired) electrons. The largest absolute Gasteiger partial charge is 0.503 e. The average molecular weight is 389 g/mol. The topological polar surface area (TPSA) is 86.3 Å². The number of H-pyrrole nitrogens is 1. The summed E-state index contributed by atoms with van der Waals surface area (Å²) in [5.74, 6) is -0.932. The van der Waals surface area contributed by atoms with Crippen molar-refractivity contribution in [3.8, 4) is 0 Å². The predicted octanol–water partition coefficient (Wildman–Crippen LogP) is 4.39. The molecule has 0 fully saturated rings. The number of anilines is 1. The number of aliphatic hydroxyl groups is 1. The van der Waals surface area contributed by atoms with Crippen LogP contribution >= 0.6 is 0 Å². The lowest BCUT2D eigenvalue weighted by Gasteiger charge is -2.24. The van der Waals surface area contributed by atoms with Gasteiger partial charge >= 0.3 is 0 Å². The molecule has 1 aliphatic heterocycles. The van der Waals surface area contributed by atoms with Crippen LogP contribution in [0, 0.1) is 12.8 Å². The number of amides is 1. The number of nitrogens with one attached hydrogen (secondary N) is 1.